The van der Waals surface area contributed by atoms with Crippen molar-refractivity contribution < 1.29 is 29.0 Å². The molecule has 5 atom stereocenters. The van der Waals surface area contributed by atoms with E-state index in [1.807, 2.05) is 6.92 Å². The molecule has 4 rings (SSSR count). The number of unbranched alkanes of at least 4 members (excludes halogenated alkanes) is 3. The molecule has 2 bridgehead atoms. The normalized spacial score (nSPS) is 29.4. The molecule has 3 aliphatic heterocycles. The van der Waals surface area contributed by atoms with Gasteiger partial charge in [0.15, 0.2) is 0 Å². The van der Waals surface area contributed by atoms with E-state index in [9.17, 15) is 14.4 Å². The van der Waals surface area contributed by atoms with Gasteiger partial charge in [-0.2, -0.15) is 0 Å². The summed E-state index contributed by atoms with van der Waals surface area (Å²) in [6.07, 6.45) is 6.35. The van der Waals surface area contributed by atoms with Crippen LogP contribution >= 0.6 is 11.6 Å². The SMILES string of the molecule is C=CCN(C(=O)C1N(CCCCCCO)C(=O)[C@@H]2[C@H](C(=O)OCC)[C@]3(CC)CCC12O3)c1ccc(Cl)cc1. The Hall–Kier alpha value is -2.42. The predicted octanol–water partition coefficient (Wildman–Crippen LogP) is 4.13. The molecule has 0 saturated carbocycles. The van der Waals surface area contributed by atoms with E-state index in [1.165, 1.54) is 0 Å². The monoisotopic (exact) mass is 546 g/mol. The molecule has 0 aliphatic carbocycles. The van der Waals surface area contributed by atoms with Crippen LogP contribution in [0.15, 0.2) is 36.9 Å². The first kappa shape index (κ1) is 28.6. The van der Waals surface area contributed by atoms with Crippen molar-refractivity contribution in [3.05, 3.63) is 41.9 Å². The van der Waals surface area contributed by atoms with Crippen LogP contribution in [0.25, 0.3) is 0 Å². The summed E-state index contributed by atoms with van der Waals surface area (Å²) in [6, 6.07) is 6.12. The number of aliphatic hydroxyl groups is 1. The maximum atomic E-state index is 14.5. The fourth-order valence-corrected chi connectivity index (χ4v) is 6.92. The standard InChI is InChI=1S/C29H39ClN2O6/c1-4-17-31(21-13-11-20(30)12-14-21)26(35)24-29-16-15-28(5-2,38-29)23(27(36)37-6-3)22(29)25(34)32(24)18-9-7-8-10-19-33/h4,11-14,22-24,33H,1,5-10,15-19H2,2-3H3/t22-,23+,24?,28-,29?/m0/s1. The molecule has 0 aromatic heterocycles. The summed E-state index contributed by atoms with van der Waals surface area (Å²) in [7, 11) is 0. The highest BCUT2D eigenvalue weighted by Crippen LogP contribution is 2.64. The lowest BCUT2D eigenvalue weighted by Crippen LogP contribution is -2.56. The van der Waals surface area contributed by atoms with Gasteiger partial charge in [-0.05, 0) is 63.3 Å². The van der Waals surface area contributed by atoms with Gasteiger partial charge >= 0.3 is 5.97 Å². The van der Waals surface area contributed by atoms with Gasteiger partial charge in [0.25, 0.3) is 5.91 Å². The lowest BCUT2D eigenvalue weighted by Gasteiger charge is -2.37. The van der Waals surface area contributed by atoms with E-state index in [1.54, 1.807) is 47.1 Å². The first-order valence-electron chi connectivity index (χ1n) is 13.8. The number of hydrogen-bond acceptors (Lipinski definition) is 6. The van der Waals surface area contributed by atoms with Crippen molar-refractivity contribution in [2.75, 3.05) is 31.2 Å². The van der Waals surface area contributed by atoms with Gasteiger partial charge in [0.05, 0.1) is 18.1 Å². The fraction of sp³-hybridized carbons (Fsp3) is 0.621. The van der Waals surface area contributed by atoms with Crippen LogP contribution in [0.1, 0.15) is 58.8 Å². The quantitative estimate of drug-likeness (QED) is 0.227. The molecule has 38 heavy (non-hydrogen) atoms. The number of rotatable bonds is 13. The third-order valence-corrected chi connectivity index (χ3v) is 8.73. The van der Waals surface area contributed by atoms with Crippen molar-refractivity contribution in [2.24, 2.45) is 11.8 Å². The van der Waals surface area contributed by atoms with Gasteiger partial charge in [-0.1, -0.05) is 37.4 Å². The Bertz CT molecular complexity index is 1050. The molecule has 1 aromatic rings. The number of likely N-dealkylation sites (tertiary alicyclic amines) is 1. The Labute approximate surface area is 229 Å². The van der Waals surface area contributed by atoms with Crippen molar-refractivity contribution in [2.45, 2.75) is 76.0 Å². The van der Waals surface area contributed by atoms with E-state index in [-0.39, 0.29) is 31.6 Å². The van der Waals surface area contributed by atoms with E-state index in [0.717, 1.165) is 12.8 Å². The molecule has 2 unspecified atom stereocenters. The molecule has 1 aromatic carbocycles. The van der Waals surface area contributed by atoms with Gasteiger partial charge < -0.3 is 24.4 Å². The van der Waals surface area contributed by atoms with E-state index in [0.29, 0.717) is 49.4 Å². The zero-order valence-electron chi connectivity index (χ0n) is 22.4. The highest BCUT2D eigenvalue weighted by atomic mass is 35.5. The molecule has 208 valence electrons. The molecular formula is C29H39ClN2O6. The molecule has 3 fully saturated rings. The fourth-order valence-electron chi connectivity index (χ4n) is 6.80. The number of aliphatic hydroxyl groups excluding tert-OH is 1. The van der Waals surface area contributed by atoms with Crippen molar-refractivity contribution >= 4 is 35.1 Å². The Balaban J connectivity index is 1.75. The largest absolute Gasteiger partial charge is 0.466 e. The number of nitrogens with zero attached hydrogens (tertiary/aromatic N) is 2. The molecule has 9 heteroatoms. The second kappa shape index (κ2) is 11.8. The number of ether oxygens (including phenoxy) is 2. The summed E-state index contributed by atoms with van der Waals surface area (Å²) >= 11 is 6.11. The number of carbonyl (C=O) groups excluding carboxylic acids is 3. The minimum absolute atomic E-state index is 0.126. The van der Waals surface area contributed by atoms with Crippen molar-refractivity contribution in [1.29, 1.82) is 0 Å². The van der Waals surface area contributed by atoms with E-state index >= 15 is 0 Å². The first-order chi connectivity index (χ1) is 18.3. The van der Waals surface area contributed by atoms with E-state index in [2.05, 4.69) is 6.58 Å². The number of fused-ring (bicyclic) bond motifs is 1. The van der Waals surface area contributed by atoms with Gasteiger partial charge in [0.2, 0.25) is 5.91 Å². The Morgan fingerprint density at radius 1 is 1.21 bits per heavy atom. The summed E-state index contributed by atoms with van der Waals surface area (Å²) in [4.78, 5) is 45.1. The first-order valence-corrected chi connectivity index (χ1v) is 14.1. The van der Waals surface area contributed by atoms with E-state index in [4.69, 9.17) is 26.2 Å². The summed E-state index contributed by atoms with van der Waals surface area (Å²) in [5, 5.41) is 9.69. The number of halogens is 1. The molecule has 8 nitrogen and oxygen atoms in total. The van der Waals surface area contributed by atoms with Crippen molar-refractivity contribution in [3.63, 3.8) is 0 Å². The third-order valence-electron chi connectivity index (χ3n) is 8.48. The maximum Gasteiger partial charge on any atom is 0.312 e. The van der Waals surface area contributed by atoms with Crippen LogP contribution < -0.4 is 4.90 Å². The second-order valence-corrected chi connectivity index (χ2v) is 10.9. The van der Waals surface area contributed by atoms with Crippen LogP contribution in [0.5, 0.6) is 0 Å². The number of carbonyl (C=O) groups is 3. The van der Waals surface area contributed by atoms with Crippen molar-refractivity contribution in [1.82, 2.24) is 4.90 Å². The minimum atomic E-state index is -1.10. The molecule has 2 amide bonds. The van der Waals surface area contributed by atoms with Gasteiger partial charge in [0, 0.05) is 30.4 Å². The van der Waals surface area contributed by atoms with Crippen LogP contribution in [0.3, 0.4) is 0 Å². The Morgan fingerprint density at radius 3 is 2.55 bits per heavy atom. The predicted molar refractivity (Wildman–Crippen MR) is 145 cm³/mol. The van der Waals surface area contributed by atoms with Crippen LogP contribution in [0.4, 0.5) is 5.69 Å². The number of hydrogen-bond donors (Lipinski definition) is 1. The molecule has 0 radical (unpaired) electrons. The van der Waals surface area contributed by atoms with Crippen LogP contribution in [0.2, 0.25) is 5.02 Å². The number of benzene rings is 1. The lowest BCUT2D eigenvalue weighted by atomic mass is 9.65. The van der Waals surface area contributed by atoms with Gasteiger partial charge in [-0.3, -0.25) is 14.4 Å². The van der Waals surface area contributed by atoms with Gasteiger partial charge in [-0.15, -0.1) is 6.58 Å². The third kappa shape index (κ3) is 4.75. The molecule has 3 aliphatic rings. The van der Waals surface area contributed by atoms with Crippen LogP contribution in [0, 0.1) is 11.8 Å². The lowest BCUT2D eigenvalue weighted by molar-refractivity contribution is -0.160. The minimum Gasteiger partial charge on any atom is -0.466 e. The zero-order chi connectivity index (χ0) is 27.5. The number of amides is 2. The molecule has 3 saturated heterocycles. The van der Waals surface area contributed by atoms with E-state index < -0.39 is 35.0 Å². The van der Waals surface area contributed by atoms with Gasteiger partial charge in [-0.25, -0.2) is 0 Å². The summed E-state index contributed by atoms with van der Waals surface area (Å²) in [6.45, 7) is 8.52. The summed E-state index contributed by atoms with van der Waals surface area (Å²) in [5.41, 5.74) is -1.27. The van der Waals surface area contributed by atoms with Crippen LogP contribution in [-0.2, 0) is 23.9 Å². The zero-order valence-corrected chi connectivity index (χ0v) is 23.1. The molecule has 1 N–H and O–H groups in total. The summed E-state index contributed by atoms with van der Waals surface area (Å²) in [5.74, 6) is -2.40. The average molecular weight is 547 g/mol. The topological polar surface area (TPSA) is 96.4 Å². The Morgan fingerprint density at radius 2 is 1.92 bits per heavy atom. The van der Waals surface area contributed by atoms with Gasteiger partial charge in [0.1, 0.15) is 17.6 Å². The average Bonchev–Trinajstić information content (AvgIpc) is 3.51. The van der Waals surface area contributed by atoms with Crippen molar-refractivity contribution in [3.8, 4) is 0 Å². The summed E-state index contributed by atoms with van der Waals surface area (Å²) < 4.78 is 12.2. The smallest absolute Gasteiger partial charge is 0.312 e. The Kier molecular flexibility index (Phi) is 8.85. The number of anilines is 1. The second-order valence-electron chi connectivity index (χ2n) is 10.5. The van der Waals surface area contributed by atoms with Crippen LogP contribution in [-0.4, -0.2) is 71.3 Å². The molecule has 1 spiro atoms. The molecule has 3 heterocycles. The highest BCUT2D eigenvalue weighted by Gasteiger charge is 2.79. The number of esters is 1. The maximum absolute atomic E-state index is 14.5. The molecular weight excluding hydrogens is 508 g/mol. The highest BCUT2D eigenvalue weighted by molar-refractivity contribution is 6.30.